The highest BCUT2D eigenvalue weighted by atomic mass is 31.2. The number of carbonyl (C=O) groups is 1. The first-order valence-corrected chi connectivity index (χ1v) is 27.9. The number of likely N-dealkylation sites (N-methyl/N-ethyl adjacent to an activating group) is 1. The van der Waals surface area contributed by atoms with Crippen molar-refractivity contribution in [1.29, 1.82) is 0 Å². The number of allylic oxidation sites excluding steroid dienone is 8. The number of carbonyl (C=O) groups excluding carboxylic acids is 1. The molecule has 63 heavy (non-hydrogen) atoms. The molecule has 0 rings (SSSR count). The smallest absolute Gasteiger partial charge is 0.457 e. The topological polar surface area (TPSA) is 91.3 Å². The van der Waals surface area contributed by atoms with Gasteiger partial charge in [0.1, 0.15) is 19.3 Å². The van der Waals surface area contributed by atoms with Gasteiger partial charge in [-0.1, -0.05) is 197 Å². The number of esters is 1. The average molecular weight is 909 g/mol. The van der Waals surface area contributed by atoms with Crippen molar-refractivity contribution in [3.63, 3.8) is 0 Å². The van der Waals surface area contributed by atoms with E-state index >= 15 is 0 Å². The van der Waals surface area contributed by atoms with E-state index in [0.29, 0.717) is 24.1 Å². The highest BCUT2D eigenvalue weighted by molar-refractivity contribution is 7.47. The number of unbranched alkanes of at least 4 members (excludes halogenated alkanes) is 27. The zero-order valence-corrected chi connectivity index (χ0v) is 43.0. The molecule has 0 aliphatic carbocycles. The molecule has 0 bridgehead atoms. The SMILES string of the molecule is CCCCC/C=C\C/C=C\C/C=C\CCCCCCCCCOCC(COP(=O)(O)OCC[N+](C)(C)C)OC(=O)CCCCCCCCCCC/C=C\CCCCCCCCCC. The third kappa shape index (κ3) is 51.3. The van der Waals surface area contributed by atoms with E-state index in [0.717, 1.165) is 51.4 Å². The van der Waals surface area contributed by atoms with Crippen molar-refractivity contribution in [2.24, 2.45) is 0 Å². The highest BCUT2D eigenvalue weighted by Gasteiger charge is 2.26. The lowest BCUT2D eigenvalue weighted by atomic mass is 10.1. The van der Waals surface area contributed by atoms with E-state index in [2.05, 4.69) is 62.5 Å². The van der Waals surface area contributed by atoms with Crippen LogP contribution < -0.4 is 0 Å². The lowest BCUT2D eigenvalue weighted by molar-refractivity contribution is -0.870. The number of quaternary nitrogens is 1. The molecule has 0 radical (unpaired) electrons. The van der Waals surface area contributed by atoms with E-state index < -0.39 is 13.9 Å². The number of hydrogen-bond acceptors (Lipinski definition) is 6. The van der Waals surface area contributed by atoms with E-state index in [1.165, 1.54) is 161 Å². The Morgan fingerprint density at radius 2 is 0.873 bits per heavy atom. The number of phosphoric ester groups is 1. The van der Waals surface area contributed by atoms with Crippen LogP contribution in [0.25, 0.3) is 0 Å². The lowest BCUT2D eigenvalue weighted by Crippen LogP contribution is -2.37. The summed E-state index contributed by atoms with van der Waals surface area (Å²) >= 11 is 0. The second-order valence-electron chi connectivity index (χ2n) is 18.9. The summed E-state index contributed by atoms with van der Waals surface area (Å²) in [6, 6.07) is 0. The Morgan fingerprint density at radius 3 is 1.35 bits per heavy atom. The van der Waals surface area contributed by atoms with Crippen LogP contribution in [-0.4, -0.2) is 75.6 Å². The molecule has 0 amide bonds. The van der Waals surface area contributed by atoms with Gasteiger partial charge < -0.3 is 18.9 Å². The average Bonchev–Trinajstić information content (AvgIpc) is 3.24. The van der Waals surface area contributed by atoms with Crippen molar-refractivity contribution in [2.45, 2.75) is 238 Å². The minimum atomic E-state index is -4.29. The van der Waals surface area contributed by atoms with Crippen molar-refractivity contribution in [3.8, 4) is 0 Å². The third-order valence-corrected chi connectivity index (χ3v) is 12.3. The summed E-state index contributed by atoms with van der Waals surface area (Å²) < 4.78 is 35.2. The second-order valence-corrected chi connectivity index (χ2v) is 20.4. The maximum Gasteiger partial charge on any atom is 0.472 e. The molecule has 0 saturated carbocycles. The Hall–Kier alpha value is -1.54. The van der Waals surface area contributed by atoms with Gasteiger partial charge in [-0.05, 0) is 77.0 Å². The molecule has 370 valence electrons. The fourth-order valence-corrected chi connectivity index (χ4v) is 8.00. The lowest BCUT2D eigenvalue weighted by Gasteiger charge is -2.24. The van der Waals surface area contributed by atoms with E-state index in [4.69, 9.17) is 18.5 Å². The quantitative estimate of drug-likeness (QED) is 0.0214. The minimum Gasteiger partial charge on any atom is -0.457 e. The Balaban J connectivity index is 4.15. The summed E-state index contributed by atoms with van der Waals surface area (Å²) in [5.74, 6) is -0.318. The van der Waals surface area contributed by atoms with Gasteiger partial charge >= 0.3 is 13.8 Å². The molecule has 0 aromatic carbocycles. The van der Waals surface area contributed by atoms with Crippen molar-refractivity contribution in [1.82, 2.24) is 0 Å². The molecule has 0 aliphatic heterocycles. The minimum absolute atomic E-state index is 0.0852. The number of ether oxygens (including phenoxy) is 2. The second kappa shape index (κ2) is 47.0. The van der Waals surface area contributed by atoms with E-state index in [1.807, 2.05) is 21.1 Å². The normalized spacial score (nSPS) is 13.9. The van der Waals surface area contributed by atoms with Gasteiger partial charge in [-0.2, -0.15) is 0 Å². The van der Waals surface area contributed by atoms with Gasteiger partial charge in [-0.15, -0.1) is 0 Å². The first-order chi connectivity index (χ1) is 30.6. The van der Waals surface area contributed by atoms with Crippen molar-refractivity contribution < 1.29 is 37.3 Å². The molecular weight excluding hydrogens is 806 g/mol. The largest absolute Gasteiger partial charge is 0.472 e. The first-order valence-electron chi connectivity index (χ1n) is 26.4. The van der Waals surface area contributed by atoms with Crippen molar-refractivity contribution in [2.75, 3.05) is 54.1 Å². The summed E-state index contributed by atoms with van der Waals surface area (Å²) in [6.45, 7) is 5.59. The Labute approximate surface area is 390 Å². The van der Waals surface area contributed by atoms with Crippen LogP contribution in [0.5, 0.6) is 0 Å². The monoisotopic (exact) mass is 909 g/mol. The fraction of sp³-hybridized carbons (Fsp3) is 0.833. The molecular formula is C54H103NO7P+. The summed E-state index contributed by atoms with van der Waals surface area (Å²) in [5.41, 5.74) is 0. The zero-order chi connectivity index (χ0) is 46.2. The molecule has 2 atom stereocenters. The number of nitrogens with zero attached hydrogens (tertiary/aromatic N) is 1. The predicted octanol–water partition coefficient (Wildman–Crippen LogP) is 16.3. The Bertz CT molecular complexity index is 1150. The molecule has 0 heterocycles. The number of hydrogen-bond donors (Lipinski definition) is 1. The summed E-state index contributed by atoms with van der Waals surface area (Å²) in [6.07, 6.45) is 58.7. The van der Waals surface area contributed by atoms with Crippen LogP contribution in [-0.2, 0) is 27.9 Å². The van der Waals surface area contributed by atoms with Gasteiger partial charge in [0, 0.05) is 13.0 Å². The van der Waals surface area contributed by atoms with Gasteiger partial charge in [-0.3, -0.25) is 13.8 Å². The molecule has 0 fully saturated rings. The Morgan fingerprint density at radius 1 is 0.492 bits per heavy atom. The molecule has 0 aromatic heterocycles. The van der Waals surface area contributed by atoms with Crippen LogP contribution in [0.15, 0.2) is 48.6 Å². The number of phosphoric acid groups is 1. The molecule has 9 heteroatoms. The van der Waals surface area contributed by atoms with Gasteiger partial charge in [0.25, 0.3) is 0 Å². The summed E-state index contributed by atoms with van der Waals surface area (Å²) in [7, 11) is 1.66. The van der Waals surface area contributed by atoms with Crippen LogP contribution in [0.4, 0.5) is 0 Å². The van der Waals surface area contributed by atoms with Crippen molar-refractivity contribution >= 4 is 13.8 Å². The van der Waals surface area contributed by atoms with Crippen LogP contribution in [0, 0.1) is 0 Å². The van der Waals surface area contributed by atoms with Crippen LogP contribution >= 0.6 is 7.82 Å². The van der Waals surface area contributed by atoms with Crippen LogP contribution in [0.3, 0.4) is 0 Å². The third-order valence-electron chi connectivity index (χ3n) is 11.4. The maximum absolute atomic E-state index is 12.8. The van der Waals surface area contributed by atoms with Crippen molar-refractivity contribution in [3.05, 3.63) is 48.6 Å². The van der Waals surface area contributed by atoms with Gasteiger partial charge in [0.15, 0.2) is 0 Å². The molecule has 0 saturated heterocycles. The molecule has 8 nitrogen and oxygen atoms in total. The van der Waals surface area contributed by atoms with Gasteiger partial charge in [0.05, 0.1) is 34.4 Å². The van der Waals surface area contributed by atoms with Crippen LogP contribution in [0.2, 0.25) is 0 Å². The fourth-order valence-electron chi connectivity index (χ4n) is 7.26. The maximum atomic E-state index is 12.8. The standard InChI is InChI=1S/C54H102NO7P/c1-6-8-10-12-14-16-18-20-22-24-26-28-29-31-33-35-37-39-41-43-45-47-54(56)62-53(52-61-63(57,58)60-50-48-55(3,4)5)51-59-49-46-44-42-40-38-36-34-32-30-27-25-23-21-19-17-15-13-11-9-7-2/h15,17,21,23-24,26-27,30,53H,6-14,16,18-20,22,25,28-29,31-52H2,1-5H3/p+1/b17-15-,23-21-,26-24-,30-27-. The predicted molar refractivity (Wildman–Crippen MR) is 270 cm³/mol. The Kier molecular flexibility index (Phi) is 45.8. The molecule has 0 spiro atoms. The molecule has 1 N–H and O–H groups in total. The summed E-state index contributed by atoms with van der Waals surface area (Å²) in [5, 5.41) is 0. The van der Waals surface area contributed by atoms with E-state index in [-0.39, 0.29) is 25.8 Å². The first kappa shape index (κ1) is 61.5. The molecule has 2 unspecified atom stereocenters. The number of rotatable bonds is 49. The van der Waals surface area contributed by atoms with Gasteiger partial charge in [0.2, 0.25) is 0 Å². The molecule has 0 aliphatic rings. The van der Waals surface area contributed by atoms with Gasteiger partial charge in [-0.25, -0.2) is 4.57 Å². The highest BCUT2D eigenvalue weighted by Crippen LogP contribution is 2.43. The van der Waals surface area contributed by atoms with E-state index in [1.54, 1.807) is 0 Å². The molecule has 0 aromatic rings. The zero-order valence-electron chi connectivity index (χ0n) is 42.1. The van der Waals surface area contributed by atoms with E-state index in [9.17, 15) is 14.3 Å². The van der Waals surface area contributed by atoms with Crippen LogP contribution in [0.1, 0.15) is 232 Å². The summed E-state index contributed by atoms with van der Waals surface area (Å²) in [4.78, 5) is 23.0.